The van der Waals surface area contributed by atoms with Gasteiger partial charge in [0.25, 0.3) is 5.71 Å². The number of aromatic nitrogens is 3. The largest absolute Gasteiger partial charge is 0.417 e. The average Bonchev–Trinajstić information content (AvgIpc) is 3.01. The van der Waals surface area contributed by atoms with E-state index in [2.05, 4.69) is 19.9 Å². The van der Waals surface area contributed by atoms with E-state index in [-0.39, 0.29) is 0 Å². The third-order valence-corrected chi connectivity index (χ3v) is 4.08. The second kappa shape index (κ2) is 5.40. The van der Waals surface area contributed by atoms with Crippen molar-refractivity contribution in [1.82, 2.24) is 15.0 Å². The Balaban J connectivity index is 1.77. The summed E-state index contributed by atoms with van der Waals surface area (Å²) in [5.74, 6) is 1.37. The normalized spacial score (nSPS) is 15.4. The third kappa shape index (κ3) is 2.32. The molecule has 1 aliphatic heterocycles. The lowest BCUT2D eigenvalue weighted by Gasteiger charge is -2.26. The Morgan fingerprint density at radius 2 is 1.73 bits per heavy atom. The van der Waals surface area contributed by atoms with Crippen LogP contribution in [0, 0.1) is 6.92 Å². The zero-order valence-corrected chi connectivity index (χ0v) is 12.6. The van der Waals surface area contributed by atoms with E-state index in [1.807, 2.05) is 37.3 Å². The Labute approximate surface area is 129 Å². The molecule has 112 valence electrons. The molecule has 5 heteroatoms. The maximum absolute atomic E-state index is 5.88. The van der Waals surface area contributed by atoms with Crippen molar-refractivity contribution in [3.05, 3.63) is 36.0 Å². The second-order valence-corrected chi connectivity index (χ2v) is 5.70. The predicted octanol–water partition coefficient (Wildman–Crippen LogP) is 3.58. The number of hydrogen-bond acceptors (Lipinski definition) is 5. The van der Waals surface area contributed by atoms with Crippen LogP contribution in [0.5, 0.6) is 0 Å². The summed E-state index contributed by atoms with van der Waals surface area (Å²) >= 11 is 0. The van der Waals surface area contributed by atoms with Crippen LogP contribution < -0.4 is 4.90 Å². The molecule has 0 bridgehead atoms. The Hall–Kier alpha value is -2.43. The fourth-order valence-corrected chi connectivity index (χ4v) is 2.88. The van der Waals surface area contributed by atoms with Crippen molar-refractivity contribution in [2.24, 2.45) is 0 Å². The van der Waals surface area contributed by atoms with Crippen LogP contribution in [0.2, 0.25) is 0 Å². The third-order valence-electron chi connectivity index (χ3n) is 4.08. The summed E-state index contributed by atoms with van der Waals surface area (Å²) in [5, 5.41) is 0. The second-order valence-electron chi connectivity index (χ2n) is 5.70. The predicted molar refractivity (Wildman–Crippen MR) is 85.8 cm³/mol. The van der Waals surface area contributed by atoms with Gasteiger partial charge in [0.05, 0.1) is 5.69 Å². The molecule has 5 nitrogen and oxygen atoms in total. The van der Waals surface area contributed by atoms with E-state index in [0.29, 0.717) is 11.6 Å². The highest BCUT2D eigenvalue weighted by Gasteiger charge is 2.18. The van der Waals surface area contributed by atoms with Crippen molar-refractivity contribution in [2.45, 2.75) is 26.2 Å². The molecule has 1 aliphatic rings. The van der Waals surface area contributed by atoms with Crippen LogP contribution in [-0.4, -0.2) is 28.0 Å². The minimum Gasteiger partial charge on any atom is -0.417 e. The first-order valence-corrected chi connectivity index (χ1v) is 7.77. The van der Waals surface area contributed by atoms with Crippen molar-refractivity contribution >= 4 is 17.2 Å². The molecule has 0 atom stereocenters. The lowest BCUT2D eigenvalue weighted by molar-refractivity contribution is 0.563. The highest BCUT2D eigenvalue weighted by molar-refractivity contribution is 5.76. The lowest BCUT2D eigenvalue weighted by atomic mass is 10.1. The van der Waals surface area contributed by atoms with Gasteiger partial charge in [0.15, 0.2) is 5.52 Å². The van der Waals surface area contributed by atoms with Gasteiger partial charge in [-0.2, -0.15) is 4.98 Å². The molecule has 0 radical (unpaired) electrons. The number of piperidine rings is 1. The minimum absolute atomic E-state index is 0.576. The first-order valence-electron chi connectivity index (χ1n) is 7.77. The van der Waals surface area contributed by atoms with Gasteiger partial charge >= 0.3 is 0 Å². The first kappa shape index (κ1) is 13.2. The Bertz CT molecular complexity index is 791. The molecule has 4 rings (SSSR count). The van der Waals surface area contributed by atoms with Crippen molar-refractivity contribution < 1.29 is 4.42 Å². The molecule has 1 aromatic carbocycles. The van der Waals surface area contributed by atoms with Crippen LogP contribution in [0.1, 0.15) is 25.0 Å². The quantitative estimate of drug-likeness (QED) is 0.723. The van der Waals surface area contributed by atoms with E-state index in [4.69, 9.17) is 4.42 Å². The Morgan fingerprint density at radius 3 is 2.50 bits per heavy atom. The maximum Gasteiger partial charge on any atom is 0.252 e. The van der Waals surface area contributed by atoms with Gasteiger partial charge in [-0.1, -0.05) is 18.2 Å². The van der Waals surface area contributed by atoms with E-state index < -0.39 is 0 Å². The standard InChI is InChI=1S/C17H18N4O/c1-12-14-16(20-17(18-12)21-10-6-3-7-11-21)22-15(19-14)13-8-4-2-5-9-13/h2,4-5,8-9H,3,6-7,10-11H2,1H3. The van der Waals surface area contributed by atoms with E-state index in [9.17, 15) is 0 Å². The fourth-order valence-electron chi connectivity index (χ4n) is 2.88. The van der Waals surface area contributed by atoms with Gasteiger partial charge < -0.3 is 9.32 Å². The Kier molecular flexibility index (Phi) is 3.25. The summed E-state index contributed by atoms with van der Waals surface area (Å²) in [5.41, 5.74) is 3.16. The van der Waals surface area contributed by atoms with E-state index in [1.165, 1.54) is 19.3 Å². The maximum atomic E-state index is 5.88. The molecule has 0 aliphatic carbocycles. The molecule has 3 aromatic rings. The molecule has 0 saturated carbocycles. The van der Waals surface area contributed by atoms with E-state index in [0.717, 1.165) is 35.8 Å². The Morgan fingerprint density at radius 1 is 0.955 bits per heavy atom. The van der Waals surface area contributed by atoms with Gasteiger partial charge in [-0.3, -0.25) is 0 Å². The zero-order chi connectivity index (χ0) is 14.9. The van der Waals surface area contributed by atoms with Gasteiger partial charge in [0.1, 0.15) is 0 Å². The van der Waals surface area contributed by atoms with Gasteiger partial charge in [-0.25, -0.2) is 9.97 Å². The molecule has 3 heterocycles. The van der Waals surface area contributed by atoms with Crippen LogP contribution in [0.3, 0.4) is 0 Å². The lowest BCUT2D eigenvalue weighted by Crippen LogP contribution is -2.31. The van der Waals surface area contributed by atoms with Crippen molar-refractivity contribution in [1.29, 1.82) is 0 Å². The van der Waals surface area contributed by atoms with Crippen molar-refractivity contribution in [2.75, 3.05) is 18.0 Å². The van der Waals surface area contributed by atoms with Crippen LogP contribution >= 0.6 is 0 Å². The van der Waals surface area contributed by atoms with Crippen LogP contribution in [0.4, 0.5) is 5.95 Å². The minimum atomic E-state index is 0.576. The number of oxazole rings is 1. The van der Waals surface area contributed by atoms with Crippen molar-refractivity contribution in [3.8, 4) is 11.5 Å². The summed E-state index contributed by atoms with van der Waals surface area (Å²) in [4.78, 5) is 16.0. The van der Waals surface area contributed by atoms with Crippen LogP contribution in [0.25, 0.3) is 22.7 Å². The summed E-state index contributed by atoms with van der Waals surface area (Å²) < 4.78 is 5.88. The highest BCUT2D eigenvalue weighted by atomic mass is 16.4. The molecule has 0 unspecified atom stereocenters. The molecule has 2 aromatic heterocycles. The molecule has 22 heavy (non-hydrogen) atoms. The van der Waals surface area contributed by atoms with Gasteiger partial charge in [0.2, 0.25) is 11.8 Å². The number of rotatable bonds is 2. The average molecular weight is 294 g/mol. The highest BCUT2D eigenvalue weighted by Crippen LogP contribution is 2.26. The number of fused-ring (bicyclic) bond motifs is 1. The number of hydrogen-bond donors (Lipinski definition) is 0. The zero-order valence-electron chi connectivity index (χ0n) is 12.6. The molecule has 0 amide bonds. The molecular formula is C17H18N4O. The van der Waals surface area contributed by atoms with Crippen molar-refractivity contribution in [3.63, 3.8) is 0 Å². The fraction of sp³-hybridized carbons (Fsp3) is 0.353. The number of benzene rings is 1. The van der Waals surface area contributed by atoms with Gasteiger partial charge in [-0.15, -0.1) is 0 Å². The van der Waals surface area contributed by atoms with Gasteiger partial charge in [0, 0.05) is 18.7 Å². The molecule has 1 saturated heterocycles. The number of anilines is 1. The molecular weight excluding hydrogens is 276 g/mol. The van der Waals surface area contributed by atoms with E-state index >= 15 is 0 Å². The summed E-state index contributed by atoms with van der Waals surface area (Å²) in [7, 11) is 0. The molecule has 0 N–H and O–H groups in total. The monoisotopic (exact) mass is 294 g/mol. The summed E-state index contributed by atoms with van der Waals surface area (Å²) in [6, 6.07) is 9.90. The van der Waals surface area contributed by atoms with Gasteiger partial charge in [-0.05, 0) is 38.3 Å². The summed E-state index contributed by atoms with van der Waals surface area (Å²) in [6.45, 7) is 4.00. The molecule has 1 fully saturated rings. The SMILES string of the molecule is Cc1nc(N2CCCCC2)nc2oc(-c3ccccc3)nc12. The topological polar surface area (TPSA) is 55.1 Å². The van der Waals surface area contributed by atoms with Crippen LogP contribution in [-0.2, 0) is 0 Å². The number of nitrogens with zero attached hydrogens (tertiary/aromatic N) is 4. The first-order chi connectivity index (χ1) is 10.8. The number of aryl methyl sites for hydroxylation is 1. The van der Waals surface area contributed by atoms with E-state index in [1.54, 1.807) is 0 Å². The van der Waals surface area contributed by atoms with Crippen LogP contribution in [0.15, 0.2) is 34.7 Å². The molecule has 0 spiro atoms. The smallest absolute Gasteiger partial charge is 0.252 e. The summed E-state index contributed by atoms with van der Waals surface area (Å²) in [6.07, 6.45) is 3.69.